The molecule has 1 unspecified atom stereocenters. The highest BCUT2D eigenvalue weighted by Crippen LogP contribution is 2.15. The summed E-state index contributed by atoms with van der Waals surface area (Å²) in [6, 6.07) is 4.59. The second-order valence-corrected chi connectivity index (χ2v) is 6.18. The molecule has 0 saturated carbocycles. The first kappa shape index (κ1) is 15.0. The highest BCUT2D eigenvalue weighted by molar-refractivity contribution is 5.92. The molecule has 2 aromatic rings. The maximum atomic E-state index is 12.2. The van der Waals surface area contributed by atoms with E-state index in [-0.39, 0.29) is 5.91 Å². The number of amides is 1. The number of piperidine rings is 1. The zero-order chi connectivity index (χ0) is 15.5. The first-order valence-electron chi connectivity index (χ1n) is 8.12. The third kappa shape index (κ3) is 3.14. The molecule has 0 radical (unpaired) electrons. The largest absolute Gasteiger partial charge is 0.349 e. The van der Waals surface area contributed by atoms with Crippen LogP contribution in [0.4, 0.5) is 0 Å². The Bertz CT molecular complexity index is 664. The topological polar surface area (TPSA) is 49.6 Å². The summed E-state index contributed by atoms with van der Waals surface area (Å²) in [4.78, 5) is 19.1. The normalized spacial score (nSPS) is 19.5. The molecular weight excluding hydrogens is 276 g/mol. The molecular formula is C17H24N4O. The van der Waals surface area contributed by atoms with Crippen LogP contribution in [0, 0.1) is 6.92 Å². The van der Waals surface area contributed by atoms with E-state index in [0.717, 1.165) is 24.3 Å². The molecule has 1 aliphatic heterocycles. The molecule has 3 heterocycles. The highest BCUT2D eigenvalue weighted by Gasteiger charge is 2.18. The van der Waals surface area contributed by atoms with Crippen LogP contribution < -0.4 is 5.32 Å². The van der Waals surface area contributed by atoms with E-state index in [0.29, 0.717) is 18.3 Å². The van der Waals surface area contributed by atoms with Crippen LogP contribution in [0.1, 0.15) is 42.2 Å². The molecule has 2 aromatic heterocycles. The van der Waals surface area contributed by atoms with E-state index >= 15 is 0 Å². The van der Waals surface area contributed by atoms with Crippen molar-refractivity contribution in [3.05, 3.63) is 35.8 Å². The van der Waals surface area contributed by atoms with Crippen LogP contribution in [-0.4, -0.2) is 45.9 Å². The van der Waals surface area contributed by atoms with E-state index in [1.165, 1.54) is 19.3 Å². The molecule has 22 heavy (non-hydrogen) atoms. The van der Waals surface area contributed by atoms with Crippen molar-refractivity contribution in [3.8, 4) is 0 Å². The number of likely N-dealkylation sites (tertiary alicyclic amines) is 1. The number of nitrogens with zero attached hydrogens (tertiary/aromatic N) is 3. The molecule has 0 spiro atoms. The minimum atomic E-state index is -0.0900. The van der Waals surface area contributed by atoms with Gasteiger partial charge in [-0.25, -0.2) is 4.98 Å². The number of nitrogens with one attached hydrogen (secondary N) is 1. The number of aryl methyl sites for hydroxylation is 1. The van der Waals surface area contributed by atoms with Crippen LogP contribution in [0.15, 0.2) is 24.5 Å². The van der Waals surface area contributed by atoms with E-state index in [1.54, 1.807) is 6.20 Å². The van der Waals surface area contributed by atoms with E-state index in [4.69, 9.17) is 0 Å². The van der Waals surface area contributed by atoms with Gasteiger partial charge in [-0.15, -0.1) is 0 Å². The minimum absolute atomic E-state index is 0.0900. The minimum Gasteiger partial charge on any atom is -0.349 e. The standard InChI is InChI=1S/C17H24N4O/c1-13-6-5-10-21-12-15(19-16(13)21)17(22)18-8-11-20-9-4-3-7-14(20)2/h5-6,10,12,14H,3-4,7-9,11H2,1-2H3,(H,18,22). The summed E-state index contributed by atoms with van der Waals surface area (Å²) >= 11 is 0. The first-order chi connectivity index (χ1) is 10.6. The Kier molecular flexibility index (Phi) is 4.43. The molecule has 1 atom stereocenters. The van der Waals surface area contributed by atoms with Gasteiger partial charge < -0.3 is 9.72 Å². The lowest BCUT2D eigenvalue weighted by molar-refractivity contribution is 0.0934. The summed E-state index contributed by atoms with van der Waals surface area (Å²) in [6.07, 6.45) is 7.57. The van der Waals surface area contributed by atoms with Gasteiger partial charge in [-0.1, -0.05) is 12.5 Å². The van der Waals surface area contributed by atoms with Gasteiger partial charge in [-0.3, -0.25) is 9.69 Å². The van der Waals surface area contributed by atoms with E-state index in [9.17, 15) is 4.79 Å². The van der Waals surface area contributed by atoms with Crippen molar-refractivity contribution in [1.29, 1.82) is 0 Å². The number of carbonyl (C=O) groups is 1. The van der Waals surface area contributed by atoms with E-state index in [2.05, 4.69) is 22.1 Å². The zero-order valence-corrected chi connectivity index (χ0v) is 13.4. The smallest absolute Gasteiger partial charge is 0.271 e. The second-order valence-electron chi connectivity index (χ2n) is 6.18. The maximum Gasteiger partial charge on any atom is 0.271 e. The number of carbonyl (C=O) groups excluding carboxylic acids is 1. The molecule has 0 aliphatic carbocycles. The lowest BCUT2D eigenvalue weighted by Gasteiger charge is -2.33. The Morgan fingerprint density at radius 3 is 3.09 bits per heavy atom. The second kappa shape index (κ2) is 6.48. The number of hydrogen-bond donors (Lipinski definition) is 1. The van der Waals surface area contributed by atoms with Crippen LogP contribution in [0.3, 0.4) is 0 Å². The molecule has 0 bridgehead atoms. The van der Waals surface area contributed by atoms with Crippen LogP contribution >= 0.6 is 0 Å². The van der Waals surface area contributed by atoms with Crippen molar-refractivity contribution < 1.29 is 4.79 Å². The highest BCUT2D eigenvalue weighted by atomic mass is 16.1. The molecule has 1 fully saturated rings. The third-order valence-corrected chi connectivity index (χ3v) is 4.54. The van der Waals surface area contributed by atoms with Gasteiger partial charge in [0.1, 0.15) is 11.3 Å². The Labute approximate surface area is 131 Å². The number of rotatable bonds is 4. The monoisotopic (exact) mass is 300 g/mol. The Morgan fingerprint density at radius 2 is 2.32 bits per heavy atom. The Hall–Kier alpha value is -1.88. The molecule has 5 nitrogen and oxygen atoms in total. The van der Waals surface area contributed by atoms with Crippen molar-refractivity contribution in [1.82, 2.24) is 19.6 Å². The lowest BCUT2D eigenvalue weighted by atomic mass is 10.0. The van der Waals surface area contributed by atoms with Gasteiger partial charge in [0, 0.05) is 31.5 Å². The average Bonchev–Trinajstić information content (AvgIpc) is 2.95. The fourth-order valence-electron chi connectivity index (χ4n) is 3.16. The van der Waals surface area contributed by atoms with Crippen molar-refractivity contribution in [2.75, 3.05) is 19.6 Å². The number of aromatic nitrogens is 2. The predicted molar refractivity (Wildman–Crippen MR) is 87.1 cm³/mol. The predicted octanol–water partition coefficient (Wildman–Crippen LogP) is 2.25. The van der Waals surface area contributed by atoms with Gasteiger partial charge in [-0.05, 0) is 44.9 Å². The fourth-order valence-corrected chi connectivity index (χ4v) is 3.16. The van der Waals surface area contributed by atoms with Crippen LogP contribution in [0.2, 0.25) is 0 Å². The SMILES string of the molecule is Cc1cccn2cc(C(=O)NCCN3CCCCC3C)nc12. The van der Waals surface area contributed by atoms with Crippen molar-refractivity contribution in [2.45, 2.75) is 39.2 Å². The summed E-state index contributed by atoms with van der Waals surface area (Å²) < 4.78 is 1.90. The summed E-state index contributed by atoms with van der Waals surface area (Å²) in [5.41, 5.74) is 2.40. The van der Waals surface area contributed by atoms with Crippen LogP contribution in [0.5, 0.6) is 0 Å². The Morgan fingerprint density at radius 1 is 1.45 bits per heavy atom. The Balaban J connectivity index is 1.58. The number of imidazole rings is 1. The fraction of sp³-hybridized carbons (Fsp3) is 0.529. The van der Waals surface area contributed by atoms with Gasteiger partial charge in [0.2, 0.25) is 0 Å². The number of pyridine rings is 1. The molecule has 1 N–H and O–H groups in total. The summed E-state index contributed by atoms with van der Waals surface area (Å²) in [5, 5.41) is 2.99. The lowest BCUT2D eigenvalue weighted by Crippen LogP contribution is -2.42. The number of fused-ring (bicyclic) bond motifs is 1. The molecule has 118 valence electrons. The quantitative estimate of drug-likeness (QED) is 0.942. The number of hydrogen-bond acceptors (Lipinski definition) is 3. The van der Waals surface area contributed by atoms with Crippen LogP contribution in [0.25, 0.3) is 5.65 Å². The summed E-state index contributed by atoms with van der Waals surface area (Å²) in [5.74, 6) is -0.0900. The van der Waals surface area contributed by atoms with Gasteiger partial charge in [-0.2, -0.15) is 0 Å². The zero-order valence-electron chi connectivity index (χ0n) is 13.4. The molecule has 3 rings (SSSR count). The molecule has 1 saturated heterocycles. The third-order valence-electron chi connectivity index (χ3n) is 4.54. The van der Waals surface area contributed by atoms with E-state index < -0.39 is 0 Å². The summed E-state index contributed by atoms with van der Waals surface area (Å²) in [7, 11) is 0. The van der Waals surface area contributed by atoms with Gasteiger partial charge >= 0.3 is 0 Å². The molecule has 1 amide bonds. The maximum absolute atomic E-state index is 12.2. The van der Waals surface area contributed by atoms with Crippen LogP contribution in [-0.2, 0) is 0 Å². The van der Waals surface area contributed by atoms with Crippen molar-refractivity contribution in [2.24, 2.45) is 0 Å². The van der Waals surface area contributed by atoms with E-state index in [1.807, 2.05) is 29.7 Å². The van der Waals surface area contributed by atoms with Gasteiger partial charge in [0.25, 0.3) is 5.91 Å². The van der Waals surface area contributed by atoms with Crippen molar-refractivity contribution in [3.63, 3.8) is 0 Å². The van der Waals surface area contributed by atoms with Gasteiger partial charge in [0.05, 0.1) is 0 Å². The molecule has 0 aromatic carbocycles. The molecule has 5 heteroatoms. The molecule has 1 aliphatic rings. The van der Waals surface area contributed by atoms with Crippen molar-refractivity contribution >= 4 is 11.6 Å². The average molecular weight is 300 g/mol. The van der Waals surface area contributed by atoms with Gasteiger partial charge in [0.15, 0.2) is 0 Å². The summed E-state index contributed by atoms with van der Waals surface area (Å²) in [6.45, 7) is 7.01. The first-order valence-corrected chi connectivity index (χ1v) is 8.12.